The summed E-state index contributed by atoms with van der Waals surface area (Å²) in [5.41, 5.74) is -0.696. The highest BCUT2D eigenvalue weighted by Crippen LogP contribution is 2.23. The van der Waals surface area contributed by atoms with Crippen molar-refractivity contribution in [2.45, 2.75) is 38.5 Å². The highest BCUT2D eigenvalue weighted by Gasteiger charge is 2.31. The van der Waals surface area contributed by atoms with Crippen molar-refractivity contribution < 1.29 is 24.5 Å². The average Bonchev–Trinajstić information content (AvgIpc) is 2.75. The Morgan fingerprint density at radius 1 is 1.42 bits per heavy atom. The van der Waals surface area contributed by atoms with Gasteiger partial charge in [0, 0.05) is 4.88 Å². The molecule has 1 aromatic heterocycles. The van der Waals surface area contributed by atoms with E-state index in [1.807, 2.05) is 0 Å². The van der Waals surface area contributed by atoms with Gasteiger partial charge in [-0.25, -0.2) is 9.59 Å². The fourth-order valence-electron chi connectivity index (χ4n) is 1.35. The van der Waals surface area contributed by atoms with E-state index in [0.717, 1.165) is 0 Å². The number of carbonyl (C=O) groups excluding carboxylic acids is 1. The first-order valence-corrected chi connectivity index (χ1v) is 6.52. The van der Waals surface area contributed by atoms with Gasteiger partial charge in [0.05, 0.1) is 0 Å². The second-order valence-corrected chi connectivity index (χ2v) is 5.90. The van der Waals surface area contributed by atoms with E-state index >= 15 is 0 Å². The van der Waals surface area contributed by atoms with Crippen LogP contribution in [0.3, 0.4) is 0 Å². The van der Waals surface area contributed by atoms with Crippen molar-refractivity contribution >= 4 is 23.4 Å². The summed E-state index contributed by atoms with van der Waals surface area (Å²) in [6.07, 6.45) is -2.50. The van der Waals surface area contributed by atoms with Crippen molar-refractivity contribution in [1.29, 1.82) is 0 Å². The van der Waals surface area contributed by atoms with Gasteiger partial charge in [0.15, 0.2) is 6.10 Å². The van der Waals surface area contributed by atoms with Crippen LogP contribution in [0.15, 0.2) is 17.5 Å². The summed E-state index contributed by atoms with van der Waals surface area (Å²) >= 11 is 1.24. The van der Waals surface area contributed by atoms with Gasteiger partial charge in [-0.1, -0.05) is 6.07 Å². The lowest BCUT2D eigenvalue weighted by Crippen LogP contribution is -2.42. The molecule has 0 unspecified atom stereocenters. The second kappa shape index (κ2) is 6.03. The number of carboxylic acid groups (broad SMARTS) is 1. The first-order chi connectivity index (χ1) is 8.70. The van der Waals surface area contributed by atoms with Crippen LogP contribution in [0.25, 0.3) is 0 Å². The molecule has 0 aromatic carbocycles. The Balaban J connectivity index is 2.82. The molecule has 1 heterocycles. The number of aliphatic carboxylic acids is 1. The lowest BCUT2D eigenvalue weighted by molar-refractivity contribution is -0.148. The van der Waals surface area contributed by atoms with Crippen LogP contribution in [-0.4, -0.2) is 34.0 Å². The number of rotatable bonds is 4. The van der Waals surface area contributed by atoms with Crippen molar-refractivity contribution in [3.05, 3.63) is 22.4 Å². The molecule has 0 fully saturated rings. The average molecular weight is 287 g/mol. The van der Waals surface area contributed by atoms with E-state index in [-0.39, 0.29) is 0 Å². The number of nitrogens with one attached hydrogen (secondary N) is 1. The Morgan fingerprint density at radius 2 is 2.05 bits per heavy atom. The summed E-state index contributed by atoms with van der Waals surface area (Å²) in [6.45, 7) is 5.08. The molecule has 0 radical (unpaired) electrons. The number of aliphatic hydroxyl groups is 1. The molecule has 0 aliphatic heterocycles. The molecule has 3 N–H and O–H groups in total. The number of thiophene rings is 1. The number of alkyl carbamates (subject to hydrolysis) is 1. The van der Waals surface area contributed by atoms with Crippen LogP contribution in [0.1, 0.15) is 31.7 Å². The molecule has 0 saturated carbocycles. The predicted octanol–water partition coefficient (Wildman–Crippen LogP) is 1.76. The summed E-state index contributed by atoms with van der Waals surface area (Å²) in [5, 5.41) is 22.6. The topological polar surface area (TPSA) is 95.9 Å². The van der Waals surface area contributed by atoms with E-state index in [0.29, 0.717) is 4.88 Å². The SMILES string of the molecule is CC(C)(C)OC(=O)N[C@H](c1cccs1)[C@@H](O)C(=O)O. The molecule has 1 aromatic rings. The molecule has 1 amide bonds. The fourth-order valence-corrected chi connectivity index (χ4v) is 2.16. The van der Waals surface area contributed by atoms with Gasteiger partial charge in [-0.05, 0) is 32.2 Å². The van der Waals surface area contributed by atoms with Crippen molar-refractivity contribution in [3.8, 4) is 0 Å². The number of hydrogen-bond acceptors (Lipinski definition) is 5. The van der Waals surface area contributed by atoms with Crippen molar-refractivity contribution in [1.82, 2.24) is 5.32 Å². The Kier molecular flexibility index (Phi) is 4.90. The van der Waals surface area contributed by atoms with E-state index in [1.54, 1.807) is 38.3 Å². The minimum Gasteiger partial charge on any atom is -0.479 e. The molecular formula is C12H17NO5S. The molecule has 6 nitrogen and oxygen atoms in total. The number of aliphatic hydroxyl groups excluding tert-OH is 1. The molecule has 106 valence electrons. The minimum absolute atomic E-state index is 0.542. The van der Waals surface area contributed by atoms with Crippen LogP contribution >= 0.6 is 11.3 Å². The summed E-state index contributed by atoms with van der Waals surface area (Å²) in [4.78, 5) is 23.1. The molecule has 19 heavy (non-hydrogen) atoms. The van der Waals surface area contributed by atoms with Gasteiger partial charge in [0.2, 0.25) is 0 Å². The third-order valence-corrected chi connectivity index (χ3v) is 3.05. The van der Waals surface area contributed by atoms with Gasteiger partial charge in [-0.2, -0.15) is 0 Å². The van der Waals surface area contributed by atoms with Gasteiger partial charge >= 0.3 is 12.1 Å². The lowest BCUT2D eigenvalue weighted by atomic mass is 10.1. The smallest absolute Gasteiger partial charge is 0.408 e. The maximum absolute atomic E-state index is 11.7. The molecule has 2 atom stereocenters. The number of carbonyl (C=O) groups is 2. The van der Waals surface area contributed by atoms with Crippen molar-refractivity contribution in [2.75, 3.05) is 0 Å². The molecule has 1 rings (SSSR count). The summed E-state index contributed by atoms with van der Waals surface area (Å²) in [5.74, 6) is -1.41. The maximum atomic E-state index is 11.7. The van der Waals surface area contributed by atoms with Crippen molar-refractivity contribution in [3.63, 3.8) is 0 Å². The minimum atomic E-state index is -1.73. The van der Waals surface area contributed by atoms with E-state index in [4.69, 9.17) is 9.84 Å². The van der Waals surface area contributed by atoms with Crippen LogP contribution < -0.4 is 5.32 Å². The van der Waals surface area contributed by atoms with Crippen LogP contribution in [0.5, 0.6) is 0 Å². The maximum Gasteiger partial charge on any atom is 0.408 e. The van der Waals surface area contributed by atoms with Crippen molar-refractivity contribution in [2.24, 2.45) is 0 Å². The zero-order valence-electron chi connectivity index (χ0n) is 10.9. The Bertz CT molecular complexity index is 437. The van der Waals surface area contributed by atoms with Gasteiger partial charge in [0.1, 0.15) is 11.6 Å². The van der Waals surface area contributed by atoms with E-state index in [1.165, 1.54) is 11.3 Å². The molecule has 0 bridgehead atoms. The Morgan fingerprint density at radius 3 is 2.47 bits per heavy atom. The number of hydrogen-bond donors (Lipinski definition) is 3. The third kappa shape index (κ3) is 4.88. The molecular weight excluding hydrogens is 270 g/mol. The number of amides is 1. The molecule has 0 aliphatic rings. The molecule has 7 heteroatoms. The van der Waals surface area contributed by atoms with E-state index in [9.17, 15) is 14.7 Å². The Labute approximate surface area is 115 Å². The molecule has 0 saturated heterocycles. The Hall–Kier alpha value is -1.60. The largest absolute Gasteiger partial charge is 0.479 e. The van der Waals surface area contributed by atoms with Crippen LogP contribution in [-0.2, 0) is 9.53 Å². The fraction of sp³-hybridized carbons (Fsp3) is 0.500. The summed E-state index contributed by atoms with van der Waals surface area (Å²) < 4.78 is 5.05. The highest BCUT2D eigenvalue weighted by molar-refractivity contribution is 7.10. The predicted molar refractivity (Wildman–Crippen MR) is 70.1 cm³/mol. The van der Waals surface area contributed by atoms with Gasteiger partial charge in [0.25, 0.3) is 0 Å². The zero-order chi connectivity index (χ0) is 14.6. The number of carboxylic acids is 1. The van der Waals surface area contributed by atoms with Crippen LogP contribution in [0, 0.1) is 0 Å². The van der Waals surface area contributed by atoms with Crippen LogP contribution in [0.4, 0.5) is 4.79 Å². The molecule has 0 aliphatic carbocycles. The van der Waals surface area contributed by atoms with Gasteiger partial charge in [-0.3, -0.25) is 0 Å². The first-order valence-electron chi connectivity index (χ1n) is 5.64. The first kappa shape index (κ1) is 15.5. The highest BCUT2D eigenvalue weighted by atomic mass is 32.1. The van der Waals surface area contributed by atoms with Crippen LogP contribution in [0.2, 0.25) is 0 Å². The summed E-state index contributed by atoms with van der Waals surface area (Å²) in [7, 11) is 0. The normalized spacial score (nSPS) is 14.5. The van der Waals surface area contributed by atoms with Gasteiger partial charge in [-0.15, -0.1) is 11.3 Å². The quantitative estimate of drug-likeness (QED) is 0.784. The number of ether oxygens (including phenoxy) is 1. The third-order valence-electron chi connectivity index (χ3n) is 2.09. The van der Waals surface area contributed by atoms with Gasteiger partial charge < -0.3 is 20.3 Å². The molecule has 0 spiro atoms. The van der Waals surface area contributed by atoms with E-state index in [2.05, 4.69) is 5.32 Å². The lowest BCUT2D eigenvalue weighted by Gasteiger charge is -2.24. The second-order valence-electron chi connectivity index (χ2n) is 4.92. The monoisotopic (exact) mass is 287 g/mol. The zero-order valence-corrected chi connectivity index (χ0v) is 11.7. The standard InChI is InChI=1S/C12H17NO5S/c1-12(2,3)18-11(17)13-8(9(14)10(15)16)7-5-4-6-19-7/h4-6,8-9,14H,1-3H3,(H,13,17)(H,15,16)/t8-,9-/m1/s1. The summed E-state index contributed by atoms with van der Waals surface area (Å²) in [6, 6.07) is 2.31. The van der Waals surface area contributed by atoms with E-state index < -0.39 is 29.8 Å².